The quantitative estimate of drug-likeness (QED) is 0.428. The van der Waals surface area contributed by atoms with Crippen molar-refractivity contribution in [3.63, 3.8) is 0 Å². The molecule has 3 aliphatic heterocycles. The minimum Gasteiger partial charge on any atom is -0.480 e. The Bertz CT molecular complexity index is 1390. The molecule has 40 heavy (non-hydrogen) atoms. The fourth-order valence-corrected chi connectivity index (χ4v) is 5.77. The van der Waals surface area contributed by atoms with E-state index in [0.717, 1.165) is 0 Å². The highest BCUT2D eigenvalue weighted by atomic mass is 35.5. The predicted octanol–water partition coefficient (Wildman–Crippen LogP) is 4.17. The second-order valence-corrected chi connectivity index (χ2v) is 10.7. The number of aliphatic carboxylic acids is 1. The summed E-state index contributed by atoms with van der Waals surface area (Å²) >= 11 is 6.33. The molecule has 3 aliphatic rings. The summed E-state index contributed by atoms with van der Waals surface area (Å²) < 4.78 is 45.4. The summed E-state index contributed by atoms with van der Waals surface area (Å²) in [7, 11) is 0. The lowest BCUT2D eigenvalue weighted by Gasteiger charge is -2.53. The van der Waals surface area contributed by atoms with E-state index < -0.39 is 35.8 Å². The SMILES string of the molecule is C[C@@H]1N(c2cc(Cl)cnc2O[C@H]2C[C@@H](C(=O)O)N(c3cc(-c4ccc[nH]4)nc(C(F)F)c3)C2)CCOC12COC2. The molecule has 13 heteroatoms. The van der Waals surface area contributed by atoms with Crippen LogP contribution in [-0.2, 0) is 14.3 Å². The largest absolute Gasteiger partial charge is 0.480 e. The molecular formula is C27H28ClF2N5O5. The normalized spacial score (nSPS) is 24.0. The number of aromatic amines is 1. The Hall–Kier alpha value is -3.48. The van der Waals surface area contributed by atoms with E-state index in [2.05, 4.69) is 26.8 Å². The van der Waals surface area contributed by atoms with Crippen LogP contribution in [0.15, 0.2) is 42.7 Å². The lowest BCUT2D eigenvalue weighted by molar-refractivity contribution is -0.228. The fraction of sp³-hybridized carbons (Fsp3) is 0.444. The molecule has 0 unspecified atom stereocenters. The number of pyridine rings is 2. The minimum absolute atomic E-state index is 0.0412. The molecule has 0 aliphatic carbocycles. The van der Waals surface area contributed by atoms with Crippen LogP contribution < -0.4 is 14.5 Å². The second-order valence-electron chi connectivity index (χ2n) is 10.3. The van der Waals surface area contributed by atoms with Crippen LogP contribution >= 0.6 is 11.6 Å². The fourth-order valence-electron chi connectivity index (χ4n) is 5.62. The zero-order valence-electron chi connectivity index (χ0n) is 21.6. The number of morpholine rings is 1. The second kappa shape index (κ2) is 10.5. The number of rotatable bonds is 7. The van der Waals surface area contributed by atoms with Crippen LogP contribution in [0.2, 0.25) is 5.02 Å². The Morgan fingerprint density at radius 3 is 2.80 bits per heavy atom. The monoisotopic (exact) mass is 575 g/mol. The molecule has 0 saturated carbocycles. The zero-order chi connectivity index (χ0) is 28.0. The number of aromatic nitrogens is 3. The summed E-state index contributed by atoms with van der Waals surface area (Å²) in [4.78, 5) is 27.5. The minimum atomic E-state index is -2.83. The van der Waals surface area contributed by atoms with E-state index in [-0.39, 0.29) is 19.0 Å². The standard InChI is InChI=1S/C27H28ClF2N5O5/c1-15-27(13-38-14-27)39-6-5-34(15)22-7-16(28)11-32-25(22)40-18-10-23(26(36)37)35(12-18)17-8-20(19-3-2-4-31-19)33-21(9-17)24(29)30/h2-4,7-9,11,15,18,23-24,31H,5-6,10,12-14H2,1H3,(H,36,37)/t15-,18-,23-/m0/s1. The van der Waals surface area contributed by atoms with Crippen molar-refractivity contribution in [3.8, 4) is 17.3 Å². The molecule has 6 heterocycles. The van der Waals surface area contributed by atoms with Crippen molar-refractivity contribution < 1.29 is 32.9 Å². The molecule has 3 saturated heterocycles. The van der Waals surface area contributed by atoms with Crippen LogP contribution in [0, 0.1) is 0 Å². The molecule has 0 amide bonds. The van der Waals surface area contributed by atoms with Crippen molar-refractivity contribution in [2.45, 2.75) is 43.6 Å². The van der Waals surface area contributed by atoms with Crippen LogP contribution in [0.25, 0.3) is 11.4 Å². The first-order chi connectivity index (χ1) is 19.2. The highest BCUT2D eigenvalue weighted by Crippen LogP contribution is 2.40. The summed E-state index contributed by atoms with van der Waals surface area (Å²) in [5.41, 5.74) is 0.989. The van der Waals surface area contributed by atoms with Gasteiger partial charge < -0.3 is 34.1 Å². The van der Waals surface area contributed by atoms with Crippen LogP contribution in [-0.4, -0.2) is 82.7 Å². The van der Waals surface area contributed by atoms with E-state index in [0.29, 0.717) is 60.0 Å². The topological polar surface area (TPSA) is 113 Å². The number of anilines is 2. The van der Waals surface area contributed by atoms with Crippen LogP contribution in [0.5, 0.6) is 5.88 Å². The number of carbonyl (C=O) groups is 1. The highest BCUT2D eigenvalue weighted by molar-refractivity contribution is 6.30. The highest BCUT2D eigenvalue weighted by Gasteiger charge is 2.50. The van der Waals surface area contributed by atoms with Crippen molar-refractivity contribution in [1.82, 2.24) is 15.0 Å². The number of carboxylic acids is 1. The molecule has 3 aromatic rings. The lowest BCUT2D eigenvalue weighted by Crippen LogP contribution is -2.68. The van der Waals surface area contributed by atoms with Gasteiger partial charge in [-0.05, 0) is 37.3 Å². The van der Waals surface area contributed by atoms with Crippen LogP contribution in [0.3, 0.4) is 0 Å². The number of hydrogen-bond donors (Lipinski definition) is 2. The average molecular weight is 576 g/mol. The van der Waals surface area contributed by atoms with Crippen molar-refractivity contribution in [3.05, 3.63) is 53.4 Å². The Labute approximate surface area is 233 Å². The third-order valence-corrected chi connectivity index (χ3v) is 8.04. The number of alkyl halides is 2. The number of nitrogens with zero attached hydrogens (tertiary/aromatic N) is 4. The third kappa shape index (κ3) is 4.84. The van der Waals surface area contributed by atoms with Crippen LogP contribution in [0.1, 0.15) is 25.5 Å². The Morgan fingerprint density at radius 1 is 1.30 bits per heavy atom. The van der Waals surface area contributed by atoms with Gasteiger partial charge >= 0.3 is 5.97 Å². The summed E-state index contributed by atoms with van der Waals surface area (Å²) in [5, 5.41) is 10.5. The van der Waals surface area contributed by atoms with E-state index in [1.54, 1.807) is 35.4 Å². The van der Waals surface area contributed by atoms with Gasteiger partial charge in [0.1, 0.15) is 29.1 Å². The van der Waals surface area contributed by atoms with Gasteiger partial charge in [0.2, 0.25) is 5.88 Å². The first-order valence-corrected chi connectivity index (χ1v) is 13.4. The molecule has 3 fully saturated rings. The number of hydrogen-bond acceptors (Lipinski definition) is 8. The molecule has 10 nitrogen and oxygen atoms in total. The Kier molecular flexibility index (Phi) is 7.01. The number of ether oxygens (including phenoxy) is 3. The van der Waals surface area contributed by atoms with Crippen molar-refractivity contribution >= 4 is 28.9 Å². The molecule has 6 rings (SSSR count). The Balaban J connectivity index is 1.29. The molecule has 0 aromatic carbocycles. The van der Waals surface area contributed by atoms with E-state index >= 15 is 0 Å². The summed E-state index contributed by atoms with van der Waals surface area (Å²) in [6.07, 6.45) is -0.137. The molecule has 0 bridgehead atoms. The van der Waals surface area contributed by atoms with Gasteiger partial charge in [-0.15, -0.1) is 0 Å². The number of carboxylic acid groups (broad SMARTS) is 1. The van der Waals surface area contributed by atoms with Gasteiger partial charge in [0.05, 0.1) is 48.8 Å². The first kappa shape index (κ1) is 26.7. The molecule has 3 atom stereocenters. The molecule has 3 aromatic heterocycles. The van der Waals surface area contributed by atoms with Gasteiger partial charge in [-0.1, -0.05) is 11.6 Å². The maximum Gasteiger partial charge on any atom is 0.326 e. The van der Waals surface area contributed by atoms with Gasteiger partial charge in [0, 0.05) is 31.0 Å². The maximum atomic E-state index is 13.8. The van der Waals surface area contributed by atoms with Crippen LogP contribution in [0.4, 0.5) is 20.2 Å². The predicted molar refractivity (Wildman–Crippen MR) is 142 cm³/mol. The van der Waals surface area contributed by atoms with Crippen molar-refractivity contribution in [2.24, 2.45) is 0 Å². The van der Waals surface area contributed by atoms with Gasteiger partial charge in [-0.2, -0.15) is 0 Å². The van der Waals surface area contributed by atoms with Crippen molar-refractivity contribution in [1.29, 1.82) is 0 Å². The number of halogens is 3. The average Bonchev–Trinajstić information content (AvgIpc) is 3.60. The molecular weight excluding hydrogens is 548 g/mol. The lowest BCUT2D eigenvalue weighted by atomic mass is 9.90. The maximum absolute atomic E-state index is 13.8. The van der Waals surface area contributed by atoms with Gasteiger partial charge in [0.25, 0.3) is 6.43 Å². The first-order valence-electron chi connectivity index (χ1n) is 13.0. The molecule has 212 valence electrons. The number of H-pyrrole nitrogens is 1. The zero-order valence-corrected chi connectivity index (χ0v) is 22.4. The van der Waals surface area contributed by atoms with Crippen molar-refractivity contribution in [2.75, 3.05) is 42.7 Å². The molecule has 0 radical (unpaired) electrons. The van der Waals surface area contributed by atoms with E-state index in [1.165, 1.54) is 12.3 Å². The summed E-state index contributed by atoms with van der Waals surface area (Å²) in [6, 6.07) is 7.03. The van der Waals surface area contributed by atoms with E-state index in [9.17, 15) is 18.7 Å². The van der Waals surface area contributed by atoms with E-state index in [1.807, 2.05) is 0 Å². The Morgan fingerprint density at radius 2 is 2.12 bits per heavy atom. The summed E-state index contributed by atoms with van der Waals surface area (Å²) in [5.74, 6) is -0.763. The number of nitrogens with one attached hydrogen (secondary N) is 1. The molecule has 1 spiro atoms. The van der Waals surface area contributed by atoms with Gasteiger partial charge in [-0.25, -0.2) is 23.5 Å². The summed E-state index contributed by atoms with van der Waals surface area (Å²) in [6.45, 7) is 4.26. The third-order valence-electron chi connectivity index (χ3n) is 7.84. The smallest absolute Gasteiger partial charge is 0.326 e. The van der Waals surface area contributed by atoms with Gasteiger partial charge in [0.15, 0.2) is 0 Å². The van der Waals surface area contributed by atoms with Gasteiger partial charge in [-0.3, -0.25) is 0 Å². The van der Waals surface area contributed by atoms with E-state index in [4.69, 9.17) is 25.8 Å². The molecule has 2 N–H and O–H groups in total.